The maximum absolute atomic E-state index is 12.3. The van der Waals surface area contributed by atoms with E-state index in [2.05, 4.69) is 24.8 Å². The van der Waals surface area contributed by atoms with Gasteiger partial charge in [0.2, 0.25) is 0 Å². The zero-order chi connectivity index (χ0) is 15.0. The second kappa shape index (κ2) is 5.44. The molecule has 3 heterocycles. The molecule has 0 aliphatic carbocycles. The Labute approximate surface area is 123 Å². The van der Waals surface area contributed by atoms with E-state index in [9.17, 15) is 4.79 Å². The Kier molecular flexibility index (Phi) is 3.63. The van der Waals surface area contributed by atoms with Crippen molar-refractivity contribution < 1.29 is 0 Å². The van der Waals surface area contributed by atoms with Gasteiger partial charge in [-0.3, -0.25) is 9.69 Å². The van der Waals surface area contributed by atoms with Crippen LogP contribution in [0.2, 0.25) is 0 Å². The summed E-state index contributed by atoms with van der Waals surface area (Å²) in [4.78, 5) is 29.5. The number of aryl methyl sites for hydroxylation is 1. The predicted octanol–water partition coefficient (Wildman–Crippen LogP) is 1.48. The van der Waals surface area contributed by atoms with Crippen molar-refractivity contribution in [3.63, 3.8) is 0 Å². The lowest BCUT2D eigenvalue weighted by Crippen LogP contribution is -2.36. The molecule has 21 heavy (non-hydrogen) atoms. The molecular weight excluding hydrogens is 266 g/mol. The van der Waals surface area contributed by atoms with E-state index in [0.717, 1.165) is 48.0 Å². The number of H-pyrrole nitrogens is 2. The molecule has 1 aliphatic heterocycles. The molecule has 0 amide bonds. The molecule has 0 saturated carbocycles. The van der Waals surface area contributed by atoms with E-state index in [0.29, 0.717) is 6.54 Å². The molecule has 6 nitrogen and oxygen atoms in total. The first-order chi connectivity index (χ1) is 10.0. The topological polar surface area (TPSA) is 77.7 Å². The van der Waals surface area contributed by atoms with Crippen LogP contribution in [0.3, 0.4) is 0 Å². The second-order valence-electron chi connectivity index (χ2n) is 5.97. The van der Waals surface area contributed by atoms with Crippen molar-refractivity contribution in [3.05, 3.63) is 45.2 Å². The molecule has 0 aromatic carbocycles. The molecule has 112 valence electrons. The van der Waals surface area contributed by atoms with Gasteiger partial charge >= 0.3 is 0 Å². The second-order valence-corrected chi connectivity index (χ2v) is 5.97. The lowest BCUT2D eigenvalue weighted by Gasteiger charge is -2.27. The van der Waals surface area contributed by atoms with Crippen LogP contribution in [0.25, 0.3) is 0 Å². The van der Waals surface area contributed by atoms with Crippen molar-refractivity contribution in [1.29, 1.82) is 0 Å². The number of hydrogen-bond acceptors (Lipinski definition) is 4. The summed E-state index contributed by atoms with van der Waals surface area (Å²) in [5, 5.41) is 0. The van der Waals surface area contributed by atoms with Crippen LogP contribution in [0.15, 0.2) is 11.1 Å². The molecule has 2 aromatic heterocycles. The number of rotatable bonds is 3. The van der Waals surface area contributed by atoms with Gasteiger partial charge < -0.3 is 9.97 Å². The third-order valence-corrected chi connectivity index (χ3v) is 4.02. The summed E-state index contributed by atoms with van der Waals surface area (Å²) < 4.78 is 0. The van der Waals surface area contributed by atoms with E-state index < -0.39 is 0 Å². The summed E-state index contributed by atoms with van der Waals surface area (Å²) in [5.41, 5.74) is 3.90. The largest absolute Gasteiger partial charge is 0.348 e. The van der Waals surface area contributed by atoms with Crippen molar-refractivity contribution in [3.8, 4) is 0 Å². The van der Waals surface area contributed by atoms with Crippen molar-refractivity contribution in [1.82, 2.24) is 24.8 Å². The third-order valence-electron chi connectivity index (χ3n) is 4.02. The number of nitrogens with one attached hydrogen (secondary N) is 2. The molecule has 0 spiro atoms. The third kappa shape index (κ3) is 2.76. The summed E-state index contributed by atoms with van der Waals surface area (Å²) in [7, 11) is 0. The lowest BCUT2D eigenvalue weighted by atomic mass is 10.1. The zero-order valence-corrected chi connectivity index (χ0v) is 12.7. The molecule has 3 rings (SSSR count). The van der Waals surface area contributed by atoms with Gasteiger partial charge in [0.05, 0.1) is 23.3 Å². The van der Waals surface area contributed by atoms with E-state index >= 15 is 0 Å². The van der Waals surface area contributed by atoms with E-state index in [1.807, 2.05) is 20.8 Å². The number of hydrogen-bond donors (Lipinski definition) is 2. The first kappa shape index (κ1) is 14.0. The smallest absolute Gasteiger partial charge is 0.255 e. The van der Waals surface area contributed by atoms with E-state index in [-0.39, 0.29) is 11.5 Å². The predicted molar refractivity (Wildman–Crippen MR) is 80.1 cm³/mol. The highest BCUT2D eigenvalue weighted by Gasteiger charge is 2.22. The molecule has 6 heteroatoms. The highest BCUT2D eigenvalue weighted by Crippen LogP contribution is 2.18. The molecule has 0 unspecified atom stereocenters. The SMILES string of the molecule is Cc1[nH]cnc1CN1CCc2nc(C(C)C)[nH]c(=O)c2C1. The average molecular weight is 287 g/mol. The van der Waals surface area contributed by atoms with Crippen LogP contribution in [0.1, 0.15) is 48.2 Å². The van der Waals surface area contributed by atoms with Gasteiger partial charge in [0.15, 0.2) is 0 Å². The summed E-state index contributed by atoms with van der Waals surface area (Å²) >= 11 is 0. The van der Waals surface area contributed by atoms with Gasteiger partial charge in [-0.15, -0.1) is 0 Å². The molecule has 2 N–H and O–H groups in total. The Morgan fingerprint density at radius 2 is 2.24 bits per heavy atom. The van der Waals surface area contributed by atoms with Crippen LogP contribution in [-0.2, 0) is 19.5 Å². The number of imidazole rings is 1. The Hall–Kier alpha value is -1.95. The first-order valence-electron chi connectivity index (χ1n) is 7.37. The van der Waals surface area contributed by atoms with Crippen molar-refractivity contribution in [2.75, 3.05) is 6.54 Å². The molecule has 0 saturated heterocycles. The number of fused-ring (bicyclic) bond motifs is 1. The number of aromatic nitrogens is 4. The first-order valence-corrected chi connectivity index (χ1v) is 7.37. The number of aromatic amines is 2. The van der Waals surface area contributed by atoms with Crippen LogP contribution in [0.4, 0.5) is 0 Å². The summed E-state index contributed by atoms with van der Waals surface area (Å²) in [5.74, 6) is 1.03. The van der Waals surface area contributed by atoms with Gasteiger partial charge in [-0.05, 0) is 6.92 Å². The molecule has 1 aliphatic rings. The van der Waals surface area contributed by atoms with Crippen LogP contribution in [0.5, 0.6) is 0 Å². The van der Waals surface area contributed by atoms with Gasteiger partial charge in [0, 0.05) is 37.7 Å². The summed E-state index contributed by atoms with van der Waals surface area (Å²) in [6.07, 6.45) is 2.54. The van der Waals surface area contributed by atoms with Gasteiger partial charge in [0.1, 0.15) is 5.82 Å². The molecule has 0 fully saturated rings. The van der Waals surface area contributed by atoms with E-state index in [4.69, 9.17) is 0 Å². The quantitative estimate of drug-likeness (QED) is 0.896. The van der Waals surface area contributed by atoms with Gasteiger partial charge in [-0.25, -0.2) is 9.97 Å². The van der Waals surface area contributed by atoms with Crippen LogP contribution in [-0.4, -0.2) is 31.4 Å². The van der Waals surface area contributed by atoms with Gasteiger partial charge in [-0.1, -0.05) is 13.8 Å². The molecular formula is C15H21N5O. The van der Waals surface area contributed by atoms with Crippen LogP contribution in [0, 0.1) is 6.92 Å². The highest BCUT2D eigenvalue weighted by atomic mass is 16.1. The summed E-state index contributed by atoms with van der Waals surface area (Å²) in [6.45, 7) is 8.42. The monoisotopic (exact) mass is 287 g/mol. The van der Waals surface area contributed by atoms with E-state index in [1.54, 1.807) is 6.33 Å². The maximum Gasteiger partial charge on any atom is 0.255 e. The Morgan fingerprint density at radius 3 is 2.90 bits per heavy atom. The minimum atomic E-state index is 0.00662. The highest BCUT2D eigenvalue weighted by molar-refractivity contribution is 5.22. The minimum absolute atomic E-state index is 0.00662. The minimum Gasteiger partial charge on any atom is -0.348 e. The fourth-order valence-corrected chi connectivity index (χ4v) is 2.67. The average Bonchev–Trinajstić information content (AvgIpc) is 2.84. The maximum atomic E-state index is 12.3. The summed E-state index contributed by atoms with van der Waals surface area (Å²) in [6, 6.07) is 0. The normalized spacial score (nSPS) is 15.4. The fraction of sp³-hybridized carbons (Fsp3) is 0.533. The van der Waals surface area contributed by atoms with Crippen molar-refractivity contribution in [2.45, 2.75) is 46.2 Å². The van der Waals surface area contributed by atoms with E-state index in [1.165, 1.54) is 0 Å². The lowest BCUT2D eigenvalue weighted by molar-refractivity contribution is 0.238. The van der Waals surface area contributed by atoms with Crippen LogP contribution < -0.4 is 5.56 Å². The van der Waals surface area contributed by atoms with Crippen LogP contribution >= 0.6 is 0 Å². The van der Waals surface area contributed by atoms with Gasteiger partial charge in [0.25, 0.3) is 5.56 Å². The Bertz CT molecular complexity index is 700. The zero-order valence-electron chi connectivity index (χ0n) is 12.7. The standard InChI is InChI=1S/C15H21N5O/c1-9(2)14-18-12-4-5-20(6-11(12)15(21)19-14)7-13-10(3)16-8-17-13/h8-9H,4-7H2,1-3H3,(H,16,17)(H,18,19,21). The molecule has 0 bridgehead atoms. The number of nitrogens with zero attached hydrogens (tertiary/aromatic N) is 3. The van der Waals surface area contributed by atoms with Gasteiger partial charge in [-0.2, -0.15) is 0 Å². The van der Waals surface area contributed by atoms with Crippen molar-refractivity contribution >= 4 is 0 Å². The molecule has 0 radical (unpaired) electrons. The Morgan fingerprint density at radius 1 is 1.43 bits per heavy atom. The van der Waals surface area contributed by atoms with Crippen molar-refractivity contribution in [2.24, 2.45) is 0 Å². The molecule has 2 aromatic rings. The Balaban J connectivity index is 1.83. The fourth-order valence-electron chi connectivity index (χ4n) is 2.67. The molecule has 0 atom stereocenters.